The summed E-state index contributed by atoms with van der Waals surface area (Å²) in [5.74, 6) is 0. The van der Waals surface area contributed by atoms with E-state index in [1.807, 2.05) is 30.3 Å². The molecule has 0 radical (unpaired) electrons. The molecule has 0 bridgehead atoms. The predicted octanol–water partition coefficient (Wildman–Crippen LogP) is 2.51. The highest BCUT2D eigenvalue weighted by molar-refractivity contribution is 5.81. The van der Waals surface area contributed by atoms with Gasteiger partial charge in [-0.15, -0.1) is 0 Å². The fourth-order valence-corrected chi connectivity index (χ4v) is 1.79. The second-order valence-corrected chi connectivity index (χ2v) is 4.07. The molecule has 5 heteroatoms. The van der Waals surface area contributed by atoms with Crippen LogP contribution in [0.4, 0.5) is 17.4 Å². The van der Waals surface area contributed by atoms with E-state index in [1.165, 1.54) is 0 Å². The summed E-state index contributed by atoms with van der Waals surface area (Å²) in [5, 5.41) is 3.35. The van der Waals surface area contributed by atoms with Gasteiger partial charge in [0.05, 0.1) is 10.9 Å². The van der Waals surface area contributed by atoms with Crippen molar-refractivity contribution in [1.29, 1.82) is 0 Å². The van der Waals surface area contributed by atoms with E-state index in [0.717, 1.165) is 5.69 Å². The fourth-order valence-electron chi connectivity index (χ4n) is 1.79. The summed E-state index contributed by atoms with van der Waals surface area (Å²) in [5.41, 5.74) is 7.10. The van der Waals surface area contributed by atoms with Gasteiger partial charge < -0.3 is 15.5 Å². The summed E-state index contributed by atoms with van der Waals surface area (Å²) >= 11 is 0. The first-order chi connectivity index (χ1) is 9.22. The van der Waals surface area contributed by atoms with Crippen LogP contribution in [0.2, 0.25) is 0 Å². The van der Waals surface area contributed by atoms with Gasteiger partial charge in [0, 0.05) is 11.4 Å². The average Bonchev–Trinajstić information content (AvgIpc) is 2.39. The van der Waals surface area contributed by atoms with Crippen LogP contribution in [-0.4, -0.2) is 4.98 Å². The van der Waals surface area contributed by atoms with E-state index in [2.05, 4.69) is 10.3 Å². The van der Waals surface area contributed by atoms with Gasteiger partial charge in [0.15, 0.2) is 0 Å². The van der Waals surface area contributed by atoms with Gasteiger partial charge in [0.25, 0.3) is 0 Å². The number of hydrogen-bond acceptors (Lipinski definition) is 5. The second-order valence-electron chi connectivity index (χ2n) is 4.07. The van der Waals surface area contributed by atoms with Gasteiger partial charge >= 0.3 is 11.6 Å². The lowest BCUT2D eigenvalue weighted by Crippen LogP contribution is -2.05. The van der Waals surface area contributed by atoms with Crippen molar-refractivity contribution < 1.29 is 4.42 Å². The van der Waals surface area contributed by atoms with Crippen LogP contribution in [-0.2, 0) is 0 Å². The average molecular weight is 253 g/mol. The van der Waals surface area contributed by atoms with Crippen LogP contribution in [0.5, 0.6) is 0 Å². The lowest BCUT2D eigenvalue weighted by Gasteiger charge is -2.04. The van der Waals surface area contributed by atoms with Crippen LogP contribution >= 0.6 is 0 Å². The first-order valence-electron chi connectivity index (χ1n) is 5.75. The Morgan fingerprint density at radius 3 is 2.68 bits per heavy atom. The molecule has 1 aromatic heterocycles. The normalized spacial score (nSPS) is 10.5. The summed E-state index contributed by atoms with van der Waals surface area (Å²) in [6.45, 7) is 0. The quantitative estimate of drug-likeness (QED) is 0.686. The maximum Gasteiger partial charge on any atom is 0.348 e. The number of nitrogens with two attached hydrogens (primary N) is 1. The molecule has 0 atom stereocenters. The Kier molecular flexibility index (Phi) is 2.64. The van der Waals surface area contributed by atoms with Crippen LogP contribution in [0, 0.1) is 0 Å². The molecule has 3 rings (SSSR count). The summed E-state index contributed by atoms with van der Waals surface area (Å²) in [6.07, 6.45) is 0. The maximum absolute atomic E-state index is 11.8. The monoisotopic (exact) mass is 253 g/mol. The van der Waals surface area contributed by atoms with Gasteiger partial charge in [0.2, 0.25) is 0 Å². The number of aromatic nitrogens is 1. The molecule has 0 aliphatic carbocycles. The molecule has 3 aromatic rings. The first kappa shape index (κ1) is 11.3. The molecule has 3 N–H and O–H groups in total. The minimum Gasteiger partial charge on any atom is -0.399 e. The summed E-state index contributed by atoms with van der Waals surface area (Å²) < 4.78 is 5.12. The van der Waals surface area contributed by atoms with Crippen LogP contribution in [0.3, 0.4) is 0 Å². The number of rotatable bonds is 2. The molecule has 0 saturated heterocycles. The molecule has 94 valence electrons. The third-order valence-electron chi connectivity index (χ3n) is 2.68. The largest absolute Gasteiger partial charge is 0.399 e. The van der Waals surface area contributed by atoms with E-state index < -0.39 is 5.63 Å². The van der Waals surface area contributed by atoms with Crippen molar-refractivity contribution in [3.05, 3.63) is 59.0 Å². The minimum atomic E-state index is -0.441. The van der Waals surface area contributed by atoms with Gasteiger partial charge in [-0.2, -0.15) is 4.98 Å². The van der Waals surface area contributed by atoms with Gasteiger partial charge in [-0.05, 0) is 30.3 Å². The number of nitrogens with zero attached hydrogens (tertiary/aromatic N) is 1. The molecule has 1 heterocycles. The highest BCUT2D eigenvalue weighted by atomic mass is 16.4. The first-order valence-corrected chi connectivity index (χ1v) is 5.75. The van der Waals surface area contributed by atoms with Crippen molar-refractivity contribution in [2.24, 2.45) is 0 Å². The number of nitrogens with one attached hydrogen (secondary N) is 1. The summed E-state index contributed by atoms with van der Waals surface area (Å²) in [6, 6.07) is 14.4. The Labute approximate surface area is 108 Å². The smallest absolute Gasteiger partial charge is 0.348 e. The van der Waals surface area contributed by atoms with Crippen LogP contribution in [0.25, 0.3) is 10.9 Å². The number of fused-ring (bicyclic) bond motifs is 1. The summed E-state index contributed by atoms with van der Waals surface area (Å²) in [7, 11) is 0. The zero-order valence-electron chi connectivity index (χ0n) is 9.96. The molecule has 19 heavy (non-hydrogen) atoms. The van der Waals surface area contributed by atoms with Gasteiger partial charge in [-0.1, -0.05) is 18.2 Å². The molecule has 0 spiro atoms. The van der Waals surface area contributed by atoms with Crippen molar-refractivity contribution in [1.82, 2.24) is 4.98 Å². The van der Waals surface area contributed by atoms with Gasteiger partial charge in [-0.25, -0.2) is 4.79 Å². The van der Waals surface area contributed by atoms with Crippen LogP contribution in [0.15, 0.2) is 57.7 Å². The lowest BCUT2D eigenvalue weighted by molar-refractivity contribution is 0.522. The van der Waals surface area contributed by atoms with E-state index in [0.29, 0.717) is 16.6 Å². The topological polar surface area (TPSA) is 81.2 Å². The standard InChI is InChI=1S/C14H11N3O2/c15-9-6-7-11-12(8-9)17-14(19-13(11)18)16-10-4-2-1-3-5-10/h1-8H,15H2,(H,16,17). The molecule has 0 aliphatic heterocycles. The number of para-hydroxylation sites is 1. The molecular weight excluding hydrogens is 242 g/mol. The Bertz CT molecular complexity index is 782. The highest BCUT2D eigenvalue weighted by Crippen LogP contribution is 2.17. The Hall–Kier alpha value is -2.82. The molecule has 0 fully saturated rings. The highest BCUT2D eigenvalue weighted by Gasteiger charge is 2.06. The lowest BCUT2D eigenvalue weighted by atomic mass is 10.2. The Morgan fingerprint density at radius 2 is 1.89 bits per heavy atom. The van der Waals surface area contributed by atoms with Gasteiger partial charge in [0.1, 0.15) is 0 Å². The van der Waals surface area contributed by atoms with Crippen molar-refractivity contribution in [2.45, 2.75) is 0 Å². The molecular formula is C14H11N3O2. The molecule has 0 saturated carbocycles. The van der Waals surface area contributed by atoms with Gasteiger partial charge in [-0.3, -0.25) is 0 Å². The Balaban J connectivity index is 2.08. The number of nitrogen functional groups attached to an aromatic ring is 1. The van der Waals surface area contributed by atoms with E-state index in [-0.39, 0.29) is 6.01 Å². The number of hydrogen-bond donors (Lipinski definition) is 2. The van der Waals surface area contributed by atoms with Crippen molar-refractivity contribution in [3.63, 3.8) is 0 Å². The van der Waals surface area contributed by atoms with Crippen molar-refractivity contribution in [2.75, 3.05) is 11.1 Å². The fraction of sp³-hybridized carbons (Fsp3) is 0. The predicted molar refractivity (Wildman–Crippen MR) is 74.4 cm³/mol. The van der Waals surface area contributed by atoms with E-state index in [1.54, 1.807) is 18.2 Å². The zero-order chi connectivity index (χ0) is 13.2. The Morgan fingerprint density at radius 1 is 1.11 bits per heavy atom. The SMILES string of the molecule is Nc1ccc2c(=O)oc(Nc3ccccc3)nc2c1. The minimum absolute atomic E-state index is 0.148. The summed E-state index contributed by atoms with van der Waals surface area (Å²) in [4.78, 5) is 16.0. The van der Waals surface area contributed by atoms with E-state index >= 15 is 0 Å². The zero-order valence-corrected chi connectivity index (χ0v) is 9.96. The van der Waals surface area contributed by atoms with Crippen LogP contribution < -0.4 is 16.7 Å². The number of benzene rings is 2. The molecule has 0 unspecified atom stereocenters. The molecule has 0 aliphatic rings. The maximum atomic E-state index is 11.8. The molecule has 0 amide bonds. The van der Waals surface area contributed by atoms with E-state index in [4.69, 9.17) is 10.2 Å². The molecule has 5 nitrogen and oxygen atoms in total. The third kappa shape index (κ3) is 2.26. The third-order valence-corrected chi connectivity index (χ3v) is 2.68. The molecule has 2 aromatic carbocycles. The van der Waals surface area contributed by atoms with Crippen LogP contribution in [0.1, 0.15) is 0 Å². The van der Waals surface area contributed by atoms with E-state index in [9.17, 15) is 4.79 Å². The second kappa shape index (κ2) is 4.45. The van der Waals surface area contributed by atoms with Crippen molar-refractivity contribution in [3.8, 4) is 0 Å². The van der Waals surface area contributed by atoms with Crippen molar-refractivity contribution >= 4 is 28.3 Å². The number of anilines is 3.